The van der Waals surface area contributed by atoms with E-state index in [1.54, 1.807) is 13.2 Å². The quantitative estimate of drug-likeness (QED) is 0.726. The van der Waals surface area contributed by atoms with Gasteiger partial charge in [0.05, 0.1) is 17.6 Å². The van der Waals surface area contributed by atoms with E-state index >= 15 is 0 Å². The number of hydrogen-bond acceptors (Lipinski definition) is 5. The van der Waals surface area contributed by atoms with Crippen molar-refractivity contribution in [3.05, 3.63) is 38.2 Å². The lowest BCUT2D eigenvalue weighted by Gasteiger charge is -2.14. The zero-order valence-corrected chi connectivity index (χ0v) is 15.0. The molecule has 2 N–H and O–H groups in total. The van der Waals surface area contributed by atoms with Gasteiger partial charge in [0, 0.05) is 25.9 Å². The van der Waals surface area contributed by atoms with Gasteiger partial charge in [-0.25, -0.2) is 9.78 Å². The third-order valence-corrected chi connectivity index (χ3v) is 3.84. The lowest BCUT2D eigenvalue weighted by molar-refractivity contribution is 0.0938. The van der Waals surface area contributed by atoms with Crippen LogP contribution in [0.2, 0.25) is 0 Å². The van der Waals surface area contributed by atoms with Crippen molar-refractivity contribution in [2.75, 3.05) is 20.3 Å². The molecule has 2 heterocycles. The number of amides is 1. The Bertz CT molecular complexity index is 883. The van der Waals surface area contributed by atoms with Crippen LogP contribution in [0.1, 0.15) is 49.2 Å². The molecule has 2 aromatic rings. The molecule has 2 rings (SSSR count). The Balaban J connectivity index is 2.75. The van der Waals surface area contributed by atoms with Crippen molar-refractivity contribution in [2.45, 2.75) is 39.7 Å². The second kappa shape index (κ2) is 8.06. The van der Waals surface area contributed by atoms with Crippen LogP contribution in [0.5, 0.6) is 0 Å². The van der Waals surface area contributed by atoms with Crippen molar-refractivity contribution in [3.63, 3.8) is 0 Å². The molecule has 1 amide bonds. The van der Waals surface area contributed by atoms with Crippen LogP contribution in [-0.2, 0) is 11.3 Å². The van der Waals surface area contributed by atoms with Gasteiger partial charge in [0.25, 0.3) is 11.5 Å². The van der Waals surface area contributed by atoms with Gasteiger partial charge in [-0.2, -0.15) is 0 Å². The highest BCUT2D eigenvalue weighted by Crippen LogP contribution is 2.19. The van der Waals surface area contributed by atoms with Crippen LogP contribution < -0.4 is 16.6 Å². The van der Waals surface area contributed by atoms with Gasteiger partial charge in [-0.15, -0.1) is 0 Å². The fourth-order valence-corrected chi connectivity index (χ4v) is 2.56. The Morgan fingerprint density at radius 3 is 2.72 bits per heavy atom. The molecule has 0 unspecified atom stereocenters. The van der Waals surface area contributed by atoms with Gasteiger partial charge in [-0.05, 0) is 18.4 Å². The van der Waals surface area contributed by atoms with Crippen LogP contribution in [0.4, 0.5) is 0 Å². The van der Waals surface area contributed by atoms with Crippen LogP contribution >= 0.6 is 0 Å². The molecule has 0 aromatic carbocycles. The van der Waals surface area contributed by atoms with Crippen molar-refractivity contribution in [1.82, 2.24) is 19.9 Å². The second-order valence-corrected chi connectivity index (χ2v) is 6.11. The van der Waals surface area contributed by atoms with Gasteiger partial charge in [0.15, 0.2) is 5.65 Å². The van der Waals surface area contributed by atoms with Crippen molar-refractivity contribution in [2.24, 2.45) is 0 Å². The summed E-state index contributed by atoms with van der Waals surface area (Å²) in [6.45, 7) is 6.90. The Labute approximate surface area is 145 Å². The number of aromatic amines is 1. The molecule has 0 bridgehead atoms. The monoisotopic (exact) mass is 348 g/mol. The lowest BCUT2D eigenvalue weighted by atomic mass is 10.0. The van der Waals surface area contributed by atoms with Crippen molar-refractivity contribution < 1.29 is 9.53 Å². The minimum atomic E-state index is -0.605. The van der Waals surface area contributed by atoms with E-state index in [0.29, 0.717) is 31.8 Å². The van der Waals surface area contributed by atoms with Crippen LogP contribution in [0.3, 0.4) is 0 Å². The highest BCUT2D eigenvalue weighted by Gasteiger charge is 2.20. The molecule has 8 nitrogen and oxygen atoms in total. The molecule has 0 saturated heterocycles. The first kappa shape index (κ1) is 18.9. The number of aromatic nitrogens is 3. The Hall–Kier alpha value is -2.48. The van der Waals surface area contributed by atoms with Crippen molar-refractivity contribution in [3.8, 4) is 0 Å². The van der Waals surface area contributed by atoms with Gasteiger partial charge < -0.3 is 10.1 Å². The van der Waals surface area contributed by atoms with Crippen LogP contribution in [0.25, 0.3) is 11.0 Å². The molecule has 8 heteroatoms. The summed E-state index contributed by atoms with van der Waals surface area (Å²) in [6, 6.07) is 1.62. The van der Waals surface area contributed by atoms with E-state index in [1.165, 1.54) is 4.57 Å². The summed E-state index contributed by atoms with van der Waals surface area (Å²) in [7, 11) is 1.54. The molecule has 0 spiro atoms. The smallest absolute Gasteiger partial charge is 0.329 e. The number of pyridine rings is 1. The number of H-pyrrole nitrogens is 1. The standard InChI is InChI=1S/C17H24N4O4/c1-5-7-21-14-13(16(23)20-17(21)24)11(9-12(19-14)10(2)3)15(22)18-6-8-25-4/h9-10H,5-8H2,1-4H3,(H,18,22)(H,20,23,24). The molecule has 0 aliphatic carbocycles. The summed E-state index contributed by atoms with van der Waals surface area (Å²) in [6.07, 6.45) is 0.698. The zero-order chi connectivity index (χ0) is 18.6. The minimum absolute atomic E-state index is 0.0411. The van der Waals surface area contributed by atoms with Gasteiger partial charge in [0.2, 0.25) is 0 Å². The SMILES string of the molecule is CCCn1c(=O)[nH]c(=O)c2c(C(=O)NCCOC)cc(C(C)C)nc21. The third-order valence-electron chi connectivity index (χ3n) is 3.84. The fourth-order valence-electron chi connectivity index (χ4n) is 2.56. The zero-order valence-electron chi connectivity index (χ0n) is 15.0. The number of methoxy groups -OCH3 is 1. The number of nitrogens with zero attached hydrogens (tertiary/aromatic N) is 2. The minimum Gasteiger partial charge on any atom is -0.383 e. The first-order chi connectivity index (χ1) is 11.9. The average Bonchev–Trinajstić information content (AvgIpc) is 2.57. The second-order valence-electron chi connectivity index (χ2n) is 6.11. The highest BCUT2D eigenvalue weighted by atomic mass is 16.5. The van der Waals surface area contributed by atoms with Crippen LogP contribution in [0, 0.1) is 0 Å². The molecule has 0 saturated carbocycles. The summed E-state index contributed by atoms with van der Waals surface area (Å²) < 4.78 is 6.34. The van der Waals surface area contributed by atoms with Gasteiger partial charge in [-0.3, -0.25) is 19.1 Å². The molecule has 25 heavy (non-hydrogen) atoms. The first-order valence-electron chi connectivity index (χ1n) is 8.35. The summed E-state index contributed by atoms with van der Waals surface area (Å²) in [5.74, 6) is -0.349. The van der Waals surface area contributed by atoms with E-state index in [2.05, 4.69) is 15.3 Å². The number of hydrogen-bond donors (Lipinski definition) is 2. The number of carbonyl (C=O) groups excluding carboxylic acids is 1. The number of nitrogens with one attached hydrogen (secondary N) is 2. The average molecular weight is 348 g/mol. The predicted molar refractivity (Wildman–Crippen MR) is 95.2 cm³/mol. The normalized spacial score (nSPS) is 11.2. The molecule has 0 aliphatic heterocycles. The van der Waals surface area contributed by atoms with E-state index in [-0.39, 0.29) is 22.5 Å². The van der Waals surface area contributed by atoms with E-state index in [4.69, 9.17) is 4.74 Å². The molecule has 2 aromatic heterocycles. The third kappa shape index (κ3) is 3.96. The number of rotatable bonds is 7. The Kier molecular flexibility index (Phi) is 6.08. The largest absolute Gasteiger partial charge is 0.383 e. The summed E-state index contributed by atoms with van der Waals surface area (Å²) in [4.78, 5) is 43.9. The molecule has 136 valence electrons. The maximum Gasteiger partial charge on any atom is 0.329 e. The predicted octanol–water partition coefficient (Wildman–Crippen LogP) is 0.994. The molecule has 0 aliphatic rings. The maximum atomic E-state index is 12.6. The molecule has 0 fully saturated rings. The number of aryl methyl sites for hydroxylation is 1. The highest BCUT2D eigenvalue weighted by molar-refractivity contribution is 6.05. The fraction of sp³-hybridized carbons (Fsp3) is 0.529. The van der Waals surface area contributed by atoms with E-state index in [1.807, 2.05) is 20.8 Å². The summed E-state index contributed by atoms with van der Waals surface area (Å²) in [5, 5.41) is 2.85. The van der Waals surface area contributed by atoms with Crippen molar-refractivity contribution in [1.29, 1.82) is 0 Å². The van der Waals surface area contributed by atoms with Crippen LogP contribution in [0.15, 0.2) is 15.7 Å². The van der Waals surface area contributed by atoms with Gasteiger partial charge >= 0.3 is 5.69 Å². The number of carbonyl (C=O) groups is 1. The summed E-state index contributed by atoms with van der Waals surface area (Å²) in [5.41, 5.74) is -0.000565. The van der Waals surface area contributed by atoms with E-state index < -0.39 is 17.2 Å². The van der Waals surface area contributed by atoms with Crippen LogP contribution in [-0.4, -0.2) is 40.7 Å². The van der Waals surface area contributed by atoms with Crippen molar-refractivity contribution >= 4 is 16.9 Å². The number of fused-ring (bicyclic) bond motifs is 1. The Morgan fingerprint density at radius 1 is 1.40 bits per heavy atom. The lowest BCUT2D eigenvalue weighted by Crippen LogP contribution is -2.34. The molecular formula is C17H24N4O4. The topological polar surface area (TPSA) is 106 Å². The molecular weight excluding hydrogens is 324 g/mol. The Morgan fingerprint density at radius 2 is 2.12 bits per heavy atom. The molecule has 0 radical (unpaired) electrons. The maximum absolute atomic E-state index is 12.6. The summed E-state index contributed by atoms with van der Waals surface area (Å²) >= 11 is 0. The van der Waals surface area contributed by atoms with E-state index in [0.717, 1.165) is 0 Å². The van der Waals surface area contributed by atoms with E-state index in [9.17, 15) is 14.4 Å². The van der Waals surface area contributed by atoms with Gasteiger partial charge in [-0.1, -0.05) is 20.8 Å². The van der Waals surface area contributed by atoms with Gasteiger partial charge in [0.1, 0.15) is 0 Å². The number of ether oxygens (including phenoxy) is 1. The first-order valence-corrected chi connectivity index (χ1v) is 8.35. The molecule has 0 atom stereocenters.